The summed E-state index contributed by atoms with van der Waals surface area (Å²) in [6, 6.07) is 17.1. The van der Waals surface area contributed by atoms with E-state index in [4.69, 9.17) is 0 Å². The molecule has 0 saturated carbocycles. The average Bonchev–Trinajstić information content (AvgIpc) is 2.45. The summed E-state index contributed by atoms with van der Waals surface area (Å²) >= 11 is 3.53. The molecule has 0 N–H and O–H groups in total. The summed E-state index contributed by atoms with van der Waals surface area (Å²) in [6.45, 7) is 6.77. The number of rotatable bonds is 1. The number of pyridine rings is 1. The average molecular weight is 340 g/mol. The molecule has 0 radical (unpaired) electrons. The van der Waals surface area contributed by atoms with Crippen molar-refractivity contribution in [1.82, 2.24) is 4.98 Å². The normalized spacial score (nSPS) is 11.8. The van der Waals surface area contributed by atoms with Crippen LogP contribution < -0.4 is 0 Å². The highest BCUT2D eigenvalue weighted by molar-refractivity contribution is 9.10. The van der Waals surface area contributed by atoms with E-state index >= 15 is 0 Å². The van der Waals surface area contributed by atoms with E-state index in [1.807, 2.05) is 12.3 Å². The maximum atomic E-state index is 4.51. The van der Waals surface area contributed by atoms with Crippen molar-refractivity contribution >= 4 is 26.7 Å². The van der Waals surface area contributed by atoms with Gasteiger partial charge in [0, 0.05) is 16.2 Å². The first kappa shape index (κ1) is 14.3. The lowest BCUT2D eigenvalue weighted by molar-refractivity contribution is 0.596. The van der Waals surface area contributed by atoms with Gasteiger partial charge < -0.3 is 0 Å². The van der Waals surface area contributed by atoms with Crippen LogP contribution in [0.15, 0.2) is 59.2 Å². The Morgan fingerprint density at radius 3 is 2.43 bits per heavy atom. The number of benzene rings is 2. The Balaban J connectivity index is 2.31. The SMILES string of the molecule is CC(C)(C)c1cc(-c2cc(Br)ccn2)cc2ccccc12. The van der Waals surface area contributed by atoms with Gasteiger partial charge in [-0.15, -0.1) is 0 Å². The molecule has 0 fully saturated rings. The fourth-order valence-electron chi connectivity index (χ4n) is 2.64. The first-order valence-electron chi connectivity index (χ1n) is 7.10. The molecule has 0 bridgehead atoms. The van der Waals surface area contributed by atoms with Crippen LogP contribution in [0.1, 0.15) is 26.3 Å². The first-order valence-corrected chi connectivity index (χ1v) is 7.90. The zero-order valence-electron chi connectivity index (χ0n) is 12.5. The van der Waals surface area contributed by atoms with Crippen LogP contribution in [-0.4, -0.2) is 4.98 Å². The molecule has 0 aliphatic heterocycles. The van der Waals surface area contributed by atoms with E-state index in [2.05, 4.69) is 84.1 Å². The van der Waals surface area contributed by atoms with E-state index in [0.717, 1.165) is 10.2 Å². The maximum Gasteiger partial charge on any atom is 0.0713 e. The zero-order chi connectivity index (χ0) is 15.0. The van der Waals surface area contributed by atoms with E-state index in [1.165, 1.54) is 21.9 Å². The van der Waals surface area contributed by atoms with E-state index in [0.29, 0.717) is 0 Å². The molecular weight excluding hydrogens is 322 g/mol. The molecule has 0 atom stereocenters. The van der Waals surface area contributed by atoms with Crippen molar-refractivity contribution < 1.29 is 0 Å². The van der Waals surface area contributed by atoms with Crippen LogP contribution in [-0.2, 0) is 5.41 Å². The second-order valence-corrected chi connectivity index (χ2v) is 7.27. The predicted molar refractivity (Wildman–Crippen MR) is 93.6 cm³/mol. The van der Waals surface area contributed by atoms with Crippen molar-refractivity contribution in [2.75, 3.05) is 0 Å². The highest BCUT2D eigenvalue weighted by atomic mass is 79.9. The Morgan fingerprint density at radius 1 is 0.952 bits per heavy atom. The Bertz CT molecular complexity index is 800. The van der Waals surface area contributed by atoms with Crippen LogP contribution in [0.3, 0.4) is 0 Å². The van der Waals surface area contributed by atoms with Crippen LogP contribution >= 0.6 is 15.9 Å². The monoisotopic (exact) mass is 339 g/mol. The van der Waals surface area contributed by atoms with Crippen LogP contribution in [0.25, 0.3) is 22.0 Å². The van der Waals surface area contributed by atoms with E-state index < -0.39 is 0 Å². The Kier molecular flexibility index (Phi) is 3.58. The summed E-state index contributed by atoms with van der Waals surface area (Å²) < 4.78 is 1.05. The number of aromatic nitrogens is 1. The fourth-order valence-corrected chi connectivity index (χ4v) is 2.98. The maximum absolute atomic E-state index is 4.51. The summed E-state index contributed by atoms with van der Waals surface area (Å²) in [5, 5.41) is 2.59. The lowest BCUT2D eigenvalue weighted by atomic mass is 9.82. The van der Waals surface area contributed by atoms with Gasteiger partial charge >= 0.3 is 0 Å². The van der Waals surface area contributed by atoms with E-state index in [9.17, 15) is 0 Å². The third kappa shape index (κ3) is 2.86. The minimum Gasteiger partial charge on any atom is -0.256 e. The van der Waals surface area contributed by atoms with Crippen LogP contribution in [0.4, 0.5) is 0 Å². The second-order valence-electron chi connectivity index (χ2n) is 6.35. The van der Waals surface area contributed by atoms with Gasteiger partial charge in [-0.2, -0.15) is 0 Å². The van der Waals surface area contributed by atoms with Gasteiger partial charge in [-0.25, -0.2) is 0 Å². The Labute approximate surface area is 134 Å². The quantitative estimate of drug-likeness (QED) is 0.532. The molecule has 1 nitrogen and oxygen atoms in total. The van der Waals surface area contributed by atoms with Crippen molar-refractivity contribution in [2.24, 2.45) is 0 Å². The molecule has 0 amide bonds. The number of fused-ring (bicyclic) bond motifs is 1. The van der Waals surface area contributed by atoms with Gasteiger partial charge in [-0.1, -0.05) is 61.0 Å². The topological polar surface area (TPSA) is 12.9 Å². The molecule has 0 aliphatic rings. The van der Waals surface area contributed by atoms with Gasteiger partial charge in [0.05, 0.1) is 5.69 Å². The summed E-state index contributed by atoms with van der Waals surface area (Å²) in [6.07, 6.45) is 1.84. The lowest BCUT2D eigenvalue weighted by Crippen LogP contribution is -2.12. The molecular formula is C19H18BrN. The highest BCUT2D eigenvalue weighted by Crippen LogP contribution is 2.34. The Hall–Kier alpha value is -1.67. The Morgan fingerprint density at radius 2 is 1.71 bits per heavy atom. The standard InChI is InChI=1S/C19H18BrN/c1-19(2,3)17-11-14(18-12-15(20)8-9-21-18)10-13-6-4-5-7-16(13)17/h4-12H,1-3H3. The predicted octanol–water partition coefficient (Wildman–Crippen LogP) is 5.96. The first-order chi connectivity index (χ1) is 9.95. The third-order valence-corrected chi connectivity index (χ3v) is 4.18. The number of hydrogen-bond acceptors (Lipinski definition) is 1. The molecule has 1 aromatic heterocycles. The van der Waals surface area contributed by atoms with Crippen molar-refractivity contribution in [3.8, 4) is 11.3 Å². The smallest absolute Gasteiger partial charge is 0.0713 e. The number of halogens is 1. The van der Waals surface area contributed by atoms with Gasteiger partial charge in [0.1, 0.15) is 0 Å². The van der Waals surface area contributed by atoms with Crippen LogP contribution in [0.5, 0.6) is 0 Å². The number of nitrogens with zero attached hydrogens (tertiary/aromatic N) is 1. The molecule has 106 valence electrons. The molecule has 0 saturated heterocycles. The fraction of sp³-hybridized carbons (Fsp3) is 0.211. The zero-order valence-corrected chi connectivity index (χ0v) is 14.1. The second kappa shape index (κ2) is 5.27. The molecule has 0 spiro atoms. The van der Waals surface area contributed by atoms with Crippen molar-refractivity contribution in [2.45, 2.75) is 26.2 Å². The van der Waals surface area contributed by atoms with Gasteiger partial charge in [0.2, 0.25) is 0 Å². The van der Waals surface area contributed by atoms with Crippen molar-refractivity contribution in [1.29, 1.82) is 0 Å². The molecule has 1 heterocycles. The minimum atomic E-state index is 0.0988. The summed E-state index contributed by atoms with van der Waals surface area (Å²) in [4.78, 5) is 4.51. The summed E-state index contributed by atoms with van der Waals surface area (Å²) in [5.41, 5.74) is 3.62. The summed E-state index contributed by atoms with van der Waals surface area (Å²) in [7, 11) is 0. The van der Waals surface area contributed by atoms with E-state index in [-0.39, 0.29) is 5.41 Å². The lowest BCUT2D eigenvalue weighted by Gasteiger charge is -2.22. The van der Waals surface area contributed by atoms with Gasteiger partial charge in [-0.3, -0.25) is 4.98 Å². The van der Waals surface area contributed by atoms with Crippen LogP contribution in [0, 0.1) is 0 Å². The molecule has 0 aliphatic carbocycles. The van der Waals surface area contributed by atoms with Gasteiger partial charge in [0.15, 0.2) is 0 Å². The van der Waals surface area contributed by atoms with E-state index in [1.54, 1.807) is 0 Å². The molecule has 2 heteroatoms. The molecule has 3 rings (SSSR count). The van der Waals surface area contributed by atoms with Gasteiger partial charge in [-0.05, 0) is 46.0 Å². The van der Waals surface area contributed by atoms with Gasteiger partial charge in [0.25, 0.3) is 0 Å². The highest BCUT2D eigenvalue weighted by Gasteiger charge is 2.18. The van der Waals surface area contributed by atoms with Crippen molar-refractivity contribution in [3.05, 3.63) is 64.8 Å². The summed E-state index contributed by atoms with van der Waals surface area (Å²) in [5.74, 6) is 0. The molecule has 21 heavy (non-hydrogen) atoms. The third-order valence-electron chi connectivity index (χ3n) is 3.69. The van der Waals surface area contributed by atoms with Crippen molar-refractivity contribution in [3.63, 3.8) is 0 Å². The number of hydrogen-bond donors (Lipinski definition) is 0. The minimum absolute atomic E-state index is 0.0988. The molecule has 0 unspecified atom stereocenters. The largest absolute Gasteiger partial charge is 0.256 e. The molecule has 2 aromatic carbocycles. The van der Waals surface area contributed by atoms with Crippen LogP contribution in [0.2, 0.25) is 0 Å². The molecule has 3 aromatic rings.